The van der Waals surface area contributed by atoms with Crippen molar-refractivity contribution in [2.75, 3.05) is 37.5 Å². The van der Waals surface area contributed by atoms with Crippen LogP contribution in [0.4, 0.5) is 16.4 Å². The van der Waals surface area contributed by atoms with Crippen LogP contribution in [-0.4, -0.2) is 78.7 Å². The van der Waals surface area contributed by atoms with Gasteiger partial charge in [0, 0.05) is 45.5 Å². The second kappa shape index (κ2) is 11.8. The lowest BCUT2D eigenvalue weighted by Gasteiger charge is -2.35. The highest BCUT2D eigenvalue weighted by molar-refractivity contribution is 6.01. The van der Waals surface area contributed by atoms with E-state index in [0.29, 0.717) is 68.0 Å². The molecule has 0 aromatic carbocycles. The number of methoxy groups -OCH3 is 2. The van der Waals surface area contributed by atoms with Crippen LogP contribution in [0.2, 0.25) is 0 Å². The molecule has 3 aliphatic rings. The SMILES string of the molecule is CO[C@H]1CCN(Cc2cc3c(nc2C=O)N(C(=O)Nc2cc(O[C@@H]4CC[C@H]4OC)c(C#N)cn2)CCC3)C1=C=O. The Balaban J connectivity index is 1.35. The maximum absolute atomic E-state index is 13.4. The first-order chi connectivity index (χ1) is 19.5. The molecule has 12 heteroatoms. The Morgan fingerprint density at radius 3 is 2.70 bits per heavy atom. The maximum Gasteiger partial charge on any atom is 0.328 e. The molecule has 0 unspecified atom stereocenters. The van der Waals surface area contributed by atoms with Gasteiger partial charge in [0.25, 0.3) is 0 Å². The minimum atomic E-state index is -0.465. The number of anilines is 2. The second-order valence-electron chi connectivity index (χ2n) is 9.93. The highest BCUT2D eigenvalue weighted by atomic mass is 16.5. The lowest BCUT2D eigenvalue weighted by molar-refractivity contribution is -0.0626. The predicted molar refractivity (Wildman–Crippen MR) is 143 cm³/mol. The summed E-state index contributed by atoms with van der Waals surface area (Å²) >= 11 is 0. The van der Waals surface area contributed by atoms with Gasteiger partial charge >= 0.3 is 6.03 Å². The Morgan fingerprint density at radius 1 is 1.20 bits per heavy atom. The first-order valence-electron chi connectivity index (χ1n) is 13.2. The molecule has 4 heterocycles. The summed E-state index contributed by atoms with van der Waals surface area (Å²) in [6, 6.07) is 5.01. The number of carbonyl (C=O) groups excluding carboxylic acids is 3. The number of aldehydes is 1. The third kappa shape index (κ3) is 5.27. The lowest BCUT2D eigenvalue weighted by atomic mass is 9.92. The van der Waals surface area contributed by atoms with Gasteiger partial charge in [-0.05, 0) is 43.7 Å². The van der Waals surface area contributed by atoms with Crippen molar-refractivity contribution in [2.24, 2.45) is 0 Å². The van der Waals surface area contributed by atoms with E-state index in [1.807, 2.05) is 16.9 Å². The number of likely N-dealkylation sites (tertiary alicyclic amines) is 1. The van der Waals surface area contributed by atoms with Gasteiger partial charge in [-0.25, -0.2) is 19.6 Å². The topological polar surface area (TPSA) is 147 Å². The minimum Gasteiger partial charge on any atom is -0.486 e. The van der Waals surface area contributed by atoms with Crippen molar-refractivity contribution < 1.29 is 28.6 Å². The van der Waals surface area contributed by atoms with E-state index < -0.39 is 6.03 Å². The van der Waals surface area contributed by atoms with Gasteiger partial charge in [0.1, 0.15) is 58.6 Å². The molecule has 12 nitrogen and oxygen atoms in total. The van der Waals surface area contributed by atoms with Crippen LogP contribution in [0.1, 0.15) is 52.9 Å². The number of aromatic nitrogens is 2. The van der Waals surface area contributed by atoms with E-state index in [1.54, 1.807) is 14.2 Å². The second-order valence-corrected chi connectivity index (χ2v) is 9.93. The summed E-state index contributed by atoms with van der Waals surface area (Å²) in [5, 5.41) is 12.3. The van der Waals surface area contributed by atoms with Crippen molar-refractivity contribution in [2.45, 2.75) is 57.0 Å². The number of fused-ring (bicyclic) bond motifs is 1. The first kappa shape index (κ1) is 27.3. The lowest BCUT2D eigenvalue weighted by Crippen LogP contribution is -2.42. The zero-order valence-electron chi connectivity index (χ0n) is 22.4. The average molecular weight is 547 g/mol. The van der Waals surface area contributed by atoms with Crippen LogP contribution in [-0.2, 0) is 27.2 Å². The molecule has 1 saturated carbocycles. The normalized spacial score (nSPS) is 21.6. The number of rotatable bonds is 8. The molecule has 1 saturated heterocycles. The van der Waals surface area contributed by atoms with Crippen molar-refractivity contribution in [3.05, 3.63) is 46.4 Å². The smallest absolute Gasteiger partial charge is 0.328 e. The van der Waals surface area contributed by atoms with Gasteiger partial charge in [0.15, 0.2) is 6.29 Å². The van der Waals surface area contributed by atoms with E-state index in [4.69, 9.17) is 14.2 Å². The zero-order chi connectivity index (χ0) is 28.2. The van der Waals surface area contributed by atoms with Crippen molar-refractivity contribution in [1.82, 2.24) is 14.9 Å². The molecular formula is C28H30N6O6. The van der Waals surface area contributed by atoms with Gasteiger partial charge in [-0.2, -0.15) is 5.26 Å². The number of nitrogens with one attached hydrogen (secondary N) is 1. The molecule has 3 atom stereocenters. The average Bonchev–Trinajstić information content (AvgIpc) is 3.36. The summed E-state index contributed by atoms with van der Waals surface area (Å²) in [6.07, 6.45) is 5.22. The van der Waals surface area contributed by atoms with E-state index in [0.717, 1.165) is 18.4 Å². The fourth-order valence-electron chi connectivity index (χ4n) is 5.32. The monoisotopic (exact) mass is 546 g/mol. The van der Waals surface area contributed by atoms with E-state index in [2.05, 4.69) is 21.4 Å². The highest BCUT2D eigenvalue weighted by Gasteiger charge is 2.34. The van der Waals surface area contributed by atoms with Gasteiger partial charge in [0.2, 0.25) is 0 Å². The van der Waals surface area contributed by atoms with E-state index >= 15 is 0 Å². The molecule has 2 fully saturated rings. The molecule has 40 heavy (non-hydrogen) atoms. The summed E-state index contributed by atoms with van der Waals surface area (Å²) in [6.45, 7) is 1.32. The Kier molecular flexibility index (Phi) is 8.07. The summed E-state index contributed by atoms with van der Waals surface area (Å²) < 4.78 is 16.7. The van der Waals surface area contributed by atoms with Crippen LogP contribution in [0.25, 0.3) is 0 Å². The Bertz CT molecular complexity index is 1400. The third-order valence-corrected chi connectivity index (χ3v) is 7.64. The van der Waals surface area contributed by atoms with Gasteiger partial charge in [-0.1, -0.05) is 0 Å². The van der Waals surface area contributed by atoms with Crippen LogP contribution >= 0.6 is 0 Å². The first-order valence-corrected chi connectivity index (χ1v) is 13.2. The number of aryl methyl sites for hydroxylation is 1. The van der Waals surface area contributed by atoms with Crippen molar-refractivity contribution in [1.29, 1.82) is 5.26 Å². The van der Waals surface area contributed by atoms with Gasteiger partial charge in [-0.15, -0.1) is 0 Å². The van der Waals surface area contributed by atoms with E-state index in [1.165, 1.54) is 17.2 Å². The Hall–Kier alpha value is -4.30. The number of amides is 2. The highest BCUT2D eigenvalue weighted by Crippen LogP contribution is 2.32. The summed E-state index contributed by atoms with van der Waals surface area (Å²) in [5.41, 5.74) is 2.38. The number of urea groups is 1. The molecule has 208 valence electrons. The molecule has 1 aliphatic carbocycles. The maximum atomic E-state index is 13.4. The minimum absolute atomic E-state index is 0.0431. The molecule has 1 N–H and O–H groups in total. The fourth-order valence-corrected chi connectivity index (χ4v) is 5.32. The molecule has 2 aromatic rings. The van der Waals surface area contributed by atoms with Crippen LogP contribution in [0.15, 0.2) is 24.0 Å². The van der Waals surface area contributed by atoms with E-state index in [-0.39, 0.29) is 35.4 Å². The standard InChI is InChI=1S/C28H30N6O6/c1-38-22-7-9-33(21(22)16-36)14-18-10-17-4-3-8-34(27(17)31-20(18)15-35)28(37)32-26-11-25(19(12-29)13-30-26)40-24-6-5-23(24)39-2/h10-11,13,15,22-24H,3-9,14H2,1-2H3,(H,30,32,37)/t22-,23+,24+/m0/s1. The molecule has 0 bridgehead atoms. The van der Waals surface area contributed by atoms with Crippen LogP contribution in [0.5, 0.6) is 5.75 Å². The number of hydrogen-bond donors (Lipinski definition) is 1. The number of hydrogen-bond acceptors (Lipinski definition) is 10. The van der Waals surface area contributed by atoms with Crippen LogP contribution < -0.4 is 15.0 Å². The van der Waals surface area contributed by atoms with Crippen molar-refractivity contribution in [3.8, 4) is 11.8 Å². The van der Waals surface area contributed by atoms with Gasteiger partial charge < -0.3 is 19.1 Å². The number of nitrogens with zero attached hydrogens (tertiary/aromatic N) is 5. The molecule has 2 amide bonds. The van der Waals surface area contributed by atoms with E-state index in [9.17, 15) is 19.6 Å². The predicted octanol–water partition coefficient (Wildman–Crippen LogP) is 2.64. The number of pyridine rings is 2. The number of carbonyl (C=O) groups is 2. The summed E-state index contributed by atoms with van der Waals surface area (Å²) in [4.78, 5) is 49.0. The largest absolute Gasteiger partial charge is 0.486 e. The van der Waals surface area contributed by atoms with Gasteiger partial charge in [-0.3, -0.25) is 15.0 Å². The molecule has 2 aromatic heterocycles. The Morgan fingerprint density at radius 2 is 2.02 bits per heavy atom. The molecule has 5 rings (SSSR count). The quantitative estimate of drug-likeness (QED) is 0.387. The Labute approximate surface area is 231 Å². The summed E-state index contributed by atoms with van der Waals surface area (Å²) in [5.74, 6) is 2.92. The van der Waals surface area contributed by atoms with Crippen molar-refractivity contribution in [3.63, 3.8) is 0 Å². The zero-order valence-corrected chi connectivity index (χ0v) is 22.4. The molecule has 0 radical (unpaired) electrons. The third-order valence-electron chi connectivity index (χ3n) is 7.64. The number of ether oxygens (including phenoxy) is 3. The van der Waals surface area contributed by atoms with Gasteiger partial charge in [0.05, 0.1) is 12.3 Å². The van der Waals surface area contributed by atoms with Crippen LogP contribution in [0, 0.1) is 11.3 Å². The summed E-state index contributed by atoms with van der Waals surface area (Å²) in [7, 11) is 3.17. The fraction of sp³-hybridized carbons (Fsp3) is 0.464. The molecular weight excluding hydrogens is 516 g/mol. The molecule has 0 spiro atoms. The van der Waals surface area contributed by atoms with Crippen LogP contribution in [0.3, 0.4) is 0 Å². The molecule has 2 aliphatic heterocycles. The number of nitriles is 1. The van der Waals surface area contributed by atoms with Crippen molar-refractivity contribution >= 4 is 29.9 Å².